The first kappa shape index (κ1) is 11.5. The second kappa shape index (κ2) is 6.03. The highest BCUT2D eigenvalue weighted by atomic mass is 35.5. The van der Waals surface area contributed by atoms with Crippen LogP contribution in [0.5, 0.6) is 0 Å². The quantitative estimate of drug-likeness (QED) is 0.395. The van der Waals surface area contributed by atoms with Gasteiger partial charge in [0, 0.05) is 6.54 Å². The molecule has 0 spiro atoms. The Bertz CT molecular complexity index is 189. The van der Waals surface area contributed by atoms with Gasteiger partial charge in [0.2, 0.25) is 0 Å². The predicted octanol–water partition coefficient (Wildman–Crippen LogP) is 1.57. The van der Waals surface area contributed by atoms with Crippen LogP contribution in [0.3, 0.4) is 0 Å². The molecule has 0 bridgehead atoms. The predicted molar refractivity (Wildman–Crippen MR) is 52.3 cm³/mol. The van der Waals surface area contributed by atoms with Crippen molar-refractivity contribution in [3.05, 3.63) is 11.6 Å². The Morgan fingerprint density at radius 1 is 1.75 bits per heavy atom. The molecule has 0 aromatic rings. The maximum atomic E-state index is 8.60. The van der Waals surface area contributed by atoms with Crippen molar-refractivity contribution in [3.8, 4) is 0 Å². The maximum Gasteiger partial charge on any atom is 0.0834 e. The number of halogens is 1. The van der Waals surface area contributed by atoms with Gasteiger partial charge < -0.3 is 10.5 Å². The molecule has 0 aliphatic carbocycles. The van der Waals surface area contributed by atoms with Crippen molar-refractivity contribution in [2.75, 3.05) is 13.1 Å². The molecule has 1 heterocycles. The van der Waals surface area contributed by atoms with Gasteiger partial charge in [-0.3, -0.25) is 0 Å². The Hall–Kier alpha value is -0.540. The largest absolute Gasteiger partial charge is 0.411 e. The minimum atomic E-state index is 0. The first-order valence-corrected chi connectivity index (χ1v) is 3.99. The van der Waals surface area contributed by atoms with Gasteiger partial charge in [0.15, 0.2) is 0 Å². The van der Waals surface area contributed by atoms with Crippen molar-refractivity contribution in [3.63, 3.8) is 0 Å². The molecule has 0 atom stereocenters. The fourth-order valence-electron chi connectivity index (χ4n) is 1.23. The number of oxime groups is 1. The van der Waals surface area contributed by atoms with Crippen LogP contribution < -0.4 is 5.32 Å². The van der Waals surface area contributed by atoms with Crippen molar-refractivity contribution in [2.24, 2.45) is 5.16 Å². The fourth-order valence-corrected chi connectivity index (χ4v) is 1.23. The van der Waals surface area contributed by atoms with Crippen LogP contribution in [0.15, 0.2) is 16.8 Å². The minimum absolute atomic E-state index is 0. The molecule has 0 saturated heterocycles. The highest BCUT2D eigenvalue weighted by molar-refractivity contribution is 5.99. The molecule has 0 aromatic carbocycles. The summed E-state index contributed by atoms with van der Waals surface area (Å²) in [6.07, 6.45) is 3.97. The molecule has 4 heteroatoms. The summed E-state index contributed by atoms with van der Waals surface area (Å²) in [6, 6.07) is 0. The second-order valence-electron chi connectivity index (χ2n) is 2.60. The van der Waals surface area contributed by atoms with Crippen molar-refractivity contribution >= 4 is 18.1 Å². The Balaban J connectivity index is 0.00000121. The molecular formula is C8H15ClN2O. The molecule has 3 nitrogen and oxygen atoms in total. The van der Waals surface area contributed by atoms with Crippen molar-refractivity contribution < 1.29 is 5.21 Å². The van der Waals surface area contributed by atoms with E-state index < -0.39 is 0 Å². The molecular weight excluding hydrogens is 176 g/mol. The van der Waals surface area contributed by atoms with E-state index in [4.69, 9.17) is 5.21 Å². The molecule has 1 aliphatic rings. The van der Waals surface area contributed by atoms with Crippen molar-refractivity contribution in [2.45, 2.75) is 19.8 Å². The van der Waals surface area contributed by atoms with Crippen molar-refractivity contribution in [1.29, 1.82) is 0 Å². The third-order valence-electron chi connectivity index (χ3n) is 1.85. The molecule has 0 amide bonds. The molecule has 70 valence electrons. The van der Waals surface area contributed by atoms with Gasteiger partial charge >= 0.3 is 0 Å². The minimum Gasteiger partial charge on any atom is -0.411 e. The molecule has 1 aliphatic heterocycles. The monoisotopic (exact) mass is 190 g/mol. The lowest BCUT2D eigenvalue weighted by Crippen LogP contribution is -2.25. The summed E-state index contributed by atoms with van der Waals surface area (Å²) in [5, 5.41) is 15.1. The lowest BCUT2D eigenvalue weighted by atomic mass is 10.0. The highest BCUT2D eigenvalue weighted by Gasteiger charge is 2.07. The van der Waals surface area contributed by atoms with Crippen LogP contribution >= 0.6 is 12.4 Å². The van der Waals surface area contributed by atoms with Gasteiger partial charge in [-0.05, 0) is 25.0 Å². The summed E-state index contributed by atoms with van der Waals surface area (Å²) in [4.78, 5) is 0. The third-order valence-corrected chi connectivity index (χ3v) is 1.85. The SMILES string of the molecule is CCC(=NO)C1=CCCNC1.Cl. The van der Waals surface area contributed by atoms with Gasteiger partial charge in [0.1, 0.15) is 0 Å². The van der Waals surface area contributed by atoms with E-state index in [1.807, 2.05) is 6.92 Å². The molecule has 1 rings (SSSR count). The topological polar surface area (TPSA) is 44.6 Å². The first-order valence-electron chi connectivity index (χ1n) is 3.99. The summed E-state index contributed by atoms with van der Waals surface area (Å²) < 4.78 is 0. The summed E-state index contributed by atoms with van der Waals surface area (Å²) >= 11 is 0. The van der Waals surface area contributed by atoms with Gasteiger partial charge in [0.05, 0.1) is 5.71 Å². The van der Waals surface area contributed by atoms with E-state index in [-0.39, 0.29) is 12.4 Å². The van der Waals surface area contributed by atoms with Crippen LogP contribution in [0, 0.1) is 0 Å². The number of nitrogens with one attached hydrogen (secondary N) is 1. The first-order chi connectivity index (χ1) is 5.38. The van der Waals surface area contributed by atoms with E-state index in [0.717, 1.165) is 37.2 Å². The number of nitrogens with zero attached hydrogens (tertiary/aromatic N) is 1. The highest BCUT2D eigenvalue weighted by Crippen LogP contribution is 2.05. The van der Waals surface area contributed by atoms with Crippen molar-refractivity contribution in [1.82, 2.24) is 5.32 Å². The molecule has 0 unspecified atom stereocenters. The summed E-state index contributed by atoms with van der Waals surface area (Å²) in [5.74, 6) is 0. The zero-order valence-electron chi connectivity index (χ0n) is 7.21. The molecule has 0 saturated carbocycles. The Labute approximate surface area is 78.9 Å². The van der Waals surface area contributed by atoms with Crippen LogP contribution in [-0.2, 0) is 0 Å². The Kier molecular flexibility index (Phi) is 5.76. The zero-order valence-corrected chi connectivity index (χ0v) is 8.02. The van der Waals surface area contributed by atoms with Gasteiger partial charge in [-0.25, -0.2) is 0 Å². The fraction of sp³-hybridized carbons (Fsp3) is 0.625. The van der Waals surface area contributed by atoms with Gasteiger partial charge in [-0.15, -0.1) is 12.4 Å². The van der Waals surface area contributed by atoms with Gasteiger partial charge in [-0.1, -0.05) is 18.2 Å². The van der Waals surface area contributed by atoms with Crippen LogP contribution in [0.1, 0.15) is 19.8 Å². The van der Waals surface area contributed by atoms with E-state index >= 15 is 0 Å². The van der Waals surface area contributed by atoms with Crippen LogP contribution in [0.4, 0.5) is 0 Å². The van der Waals surface area contributed by atoms with Crippen LogP contribution in [0.2, 0.25) is 0 Å². The molecule has 2 N–H and O–H groups in total. The molecule has 12 heavy (non-hydrogen) atoms. The van der Waals surface area contributed by atoms with E-state index in [1.54, 1.807) is 0 Å². The van der Waals surface area contributed by atoms with Crippen LogP contribution in [0.25, 0.3) is 0 Å². The Morgan fingerprint density at radius 2 is 2.50 bits per heavy atom. The molecule has 0 aromatic heterocycles. The number of hydrogen-bond donors (Lipinski definition) is 2. The lowest BCUT2D eigenvalue weighted by Gasteiger charge is -2.13. The normalized spacial score (nSPS) is 18.1. The summed E-state index contributed by atoms with van der Waals surface area (Å²) in [5.41, 5.74) is 1.94. The molecule has 0 radical (unpaired) electrons. The second-order valence-corrected chi connectivity index (χ2v) is 2.60. The van der Waals surface area contributed by atoms with Crippen LogP contribution in [-0.4, -0.2) is 24.0 Å². The summed E-state index contributed by atoms with van der Waals surface area (Å²) in [6.45, 7) is 3.86. The third kappa shape index (κ3) is 2.83. The standard InChI is InChI=1S/C8H14N2O.ClH/c1-2-8(10-11)7-4-3-5-9-6-7;/h4,9,11H,2-3,5-6H2,1H3;1H. The maximum absolute atomic E-state index is 8.60. The van der Waals surface area contributed by atoms with E-state index in [9.17, 15) is 0 Å². The average molecular weight is 191 g/mol. The molecule has 0 fully saturated rings. The van der Waals surface area contributed by atoms with E-state index in [0.29, 0.717) is 0 Å². The van der Waals surface area contributed by atoms with E-state index in [1.165, 1.54) is 0 Å². The number of hydrogen-bond acceptors (Lipinski definition) is 3. The lowest BCUT2D eigenvalue weighted by molar-refractivity contribution is 0.318. The average Bonchev–Trinajstić information content (AvgIpc) is 2.09. The summed E-state index contributed by atoms with van der Waals surface area (Å²) in [7, 11) is 0. The van der Waals surface area contributed by atoms with Gasteiger partial charge in [0.25, 0.3) is 0 Å². The van der Waals surface area contributed by atoms with E-state index in [2.05, 4.69) is 16.5 Å². The number of rotatable bonds is 2. The Morgan fingerprint density at radius 3 is 2.92 bits per heavy atom. The zero-order chi connectivity index (χ0) is 8.10. The van der Waals surface area contributed by atoms with Gasteiger partial charge in [-0.2, -0.15) is 0 Å². The smallest absolute Gasteiger partial charge is 0.0834 e.